The molecule has 5 heteroatoms. The zero-order valence-corrected chi connectivity index (χ0v) is 15.8. The van der Waals surface area contributed by atoms with Gasteiger partial charge < -0.3 is 4.74 Å². The van der Waals surface area contributed by atoms with Gasteiger partial charge >= 0.3 is 0 Å². The van der Waals surface area contributed by atoms with Gasteiger partial charge in [-0.1, -0.05) is 42.5 Å². The van der Waals surface area contributed by atoms with Gasteiger partial charge in [0.1, 0.15) is 11.6 Å². The normalized spacial score (nSPS) is 14.8. The average molecular weight is 387 g/mol. The summed E-state index contributed by atoms with van der Waals surface area (Å²) < 4.78 is 18.4. The SMILES string of the molecule is COc1ccc(CN2C(=O)/C(=C\c3ccc(F)cc3)c3ccccc3C2=O)cc1. The molecule has 0 aliphatic carbocycles. The highest BCUT2D eigenvalue weighted by Crippen LogP contribution is 2.31. The number of nitrogens with zero attached hydrogens (tertiary/aromatic N) is 1. The lowest BCUT2D eigenvalue weighted by Crippen LogP contribution is -2.41. The fourth-order valence-corrected chi connectivity index (χ4v) is 3.32. The third kappa shape index (κ3) is 3.67. The number of imide groups is 1. The standard InChI is InChI=1S/C24H18FNO3/c1-29-19-12-8-17(9-13-19)15-26-23(27)21-5-3-2-4-20(21)22(24(26)28)14-16-6-10-18(25)11-7-16/h2-14H,15H2,1H3/b22-14-. The lowest BCUT2D eigenvalue weighted by atomic mass is 9.91. The van der Waals surface area contributed by atoms with Crippen molar-refractivity contribution >= 4 is 23.5 Å². The number of benzene rings is 3. The van der Waals surface area contributed by atoms with Gasteiger partial charge in [-0.25, -0.2) is 4.39 Å². The smallest absolute Gasteiger partial charge is 0.261 e. The summed E-state index contributed by atoms with van der Waals surface area (Å²) in [6.45, 7) is 0.150. The summed E-state index contributed by atoms with van der Waals surface area (Å²) in [4.78, 5) is 27.5. The van der Waals surface area contributed by atoms with Gasteiger partial charge in [-0.15, -0.1) is 0 Å². The fourth-order valence-electron chi connectivity index (χ4n) is 3.32. The van der Waals surface area contributed by atoms with Crippen LogP contribution in [0.15, 0.2) is 72.8 Å². The second kappa shape index (κ2) is 7.72. The van der Waals surface area contributed by atoms with E-state index in [1.54, 1.807) is 61.7 Å². The van der Waals surface area contributed by atoms with Gasteiger partial charge in [0.25, 0.3) is 11.8 Å². The minimum atomic E-state index is -0.381. The maximum atomic E-state index is 13.2. The third-order valence-electron chi connectivity index (χ3n) is 4.85. The monoisotopic (exact) mass is 387 g/mol. The van der Waals surface area contributed by atoms with E-state index in [0.29, 0.717) is 28.0 Å². The predicted molar refractivity (Wildman–Crippen MR) is 109 cm³/mol. The second-order valence-corrected chi connectivity index (χ2v) is 6.70. The Hall–Kier alpha value is -3.73. The van der Waals surface area contributed by atoms with E-state index < -0.39 is 0 Å². The quantitative estimate of drug-likeness (QED) is 0.487. The first-order valence-corrected chi connectivity index (χ1v) is 9.12. The molecule has 2 amide bonds. The van der Waals surface area contributed by atoms with Crippen LogP contribution in [0.25, 0.3) is 11.6 Å². The molecule has 1 aliphatic rings. The predicted octanol–water partition coefficient (Wildman–Crippen LogP) is 4.56. The molecule has 0 saturated heterocycles. The van der Waals surface area contributed by atoms with Crippen LogP contribution in [0.1, 0.15) is 27.0 Å². The number of hydrogen-bond acceptors (Lipinski definition) is 3. The Labute approximate surface area is 167 Å². The molecule has 0 radical (unpaired) electrons. The summed E-state index contributed by atoms with van der Waals surface area (Å²) in [5.41, 5.74) is 2.95. The molecule has 0 fully saturated rings. The van der Waals surface area contributed by atoms with Gasteiger partial charge in [0.15, 0.2) is 0 Å². The minimum Gasteiger partial charge on any atom is -0.497 e. The topological polar surface area (TPSA) is 46.6 Å². The second-order valence-electron chi connectivity index (χ2n) is 6.70. The molecule has 1 aliphatic heterocycles. The van der Waals surface area contributed by atoms with Crippen LogP contribution in [0.4, 0.5) is 4.39 Å². The molecule has 0 spiro atoms. The number of carbonyl (C=O) groups is 2. The van der Waals surface area contributed by atoms with Crippen molar-refractivity contribution < 1.29 is 18.7 Å². The summed E-state index contributed by atoms with van der Waals surface area (Å²) in [5.74, 6) is -0.363. The fraction of sp³-hybridized carbons (Fsp3) is 0.0833. The number of halogens is 1. The Bertz CT molecular complexity index is 1100. The highest BCUT2D eigenvalue weighted by Gasteiger charge is 2.34. The molecule has 0 N–H and O–H groups in total. The Balaban J connectivity index is 1.75. The Morgan fingerprint density at radius 1 is 0.862 bits per heavy atom. The van der Waals surface area contributed by atoms with Crippen LogP contribution in [0.5, 0.6) is 5.75 Å². The summed E-state index contributed by atoms with van der Waals surface area (Å²) in [6, 6.07) is 20.1. The van der Waals surface area contributed by atoms with Crippen LogP contribution in [-0.2, 0) is 11.3 Å². The highest BCUT2D eigenvalue weighted by molar-refractivity contribution is 6.33. The van der Waals surface area contributed by atoms with Crippen molar-refractivity contribution in [1.82, 2.24) is 4.90 Å². The number of carbonyl (C=O) groups excluding carboxylic acids is 2. The van der Waals surface area contributed by atoms with E-state index in [1.807, 2.05) is 12.1 Å². The van der Waals surface area contributed by atoms with Gasteiger partial charge in [-0.2, -0.15) is 0 Å². The molecule has 144 valence electrons. The molecule has 0 aromatic heterocycles. The molecular formula is C24H18FNO3. The summed E-state index contributed by atoms with van der Waals surface area (Å²) in [6.07, 6.45) is 1.69. The minimum absolute atomic E-state index is 0.150. The van der Waals surface area contributed by atoms with Gasteiger partial charge in [-0.3, -0.25) is 14.5 Å². The number of amides is 2. The number of rotatable bonds is 4. The van der Waals surface area contributed by atoms with Crippen LogP contribution < -0.4 is 4.74 Å². The molecule has 0 atom stereocenters. The molecule has 0 bridgehead atoms. The van der Waals surface area contributed by atoms with E-state index in [4.69, 9.17) is 4.74 Å². The van der Waals surface area contributed by atoms with Crippen molar-refractivity contribution in [2.75, 3.05) is 7.11 Å². The maximum Gasteiger partial charge on any atom is 0.261 e. The maximum absolute atomic E-state index is 13.2. The number of methoxy groups -OCH3 is 1. The van der Waals surface area contributed by atoms with Crippen molar-refractivity contribution in [1.29, 1.82) is 0 Å². The molecule has 3 aromatic carbocycles. The molecule has 1 heterocycles. The van der Waals surface area contributed by atoms with Crippen LogP contribution >= 0.6 is 0 Å². The lowest BCUT2D eigenvalue weighted by Gasteiger charge is -2.28. The zero-order valence-electron chi connectivity index (χ0n) is 15.8. The molecule has 0 saturated carbocycles. The van der Waals surface area contributed by atoms with Gasteiger partial charge in [0, 0.05) is 11.1 Å². The van der Waals surface area contributed by atoms with E-state index in [-0.39, 0.29) is 24.2 Å². The first-order chi connectivity index (χ1) is 14.1. The molecular weight excluding hydrogens is 369 g/mol. The van der Waals surface area contributed by atoms with Crippen molar-refractivity contribution in [2.24, 2.45) is 0 Å². The van der Waals surface area contributed by atoms with Crippen LogP contribution in [0, 0.1) is 5.82 Å². The Morgan fingerprint density at radius 2 is 1.52 bits per heavy atom. The van der Waals surface area contributed by atoms with E-state index in [9.17, 15) is 14.0 Å². The lowest BCUT2D eigenvalue weighted by molar-refractivity contribution is -0.123. The molecule has 29 heavy (non-hydrogen) atoms. The van der Waals surface area contributed by atoms with Gasteiger partial charge in [0.05, 0.1) is 13.7 Å². The van der Waals surface area contributed by atoms with Crippen molar-refractivity contribution in [3.05, 3.63) is 101 Å². The molecule has 4 rings (SSSR count). The van der Waals surface area contributed by atoms with Crippen molar-refractivity contribution in [3.8, 4) is 5.75 Å². The first-order valence-electron chi connectivity index (χ1n) is 9.12. The summed E-state index contributed by atoms with van der Waals surface area (Å²) in [5, 5.41) is 0. The zero-order chi connectivity index (χ0) is 20.4. The van der Waals surface area contributed by atoms with Gasteiger partial charge in [0.2, 0.25) is 0 Å². The van der Waals surface area contributed by atoms with Crippen LogP contribution in [0.2, 0.25) is 0 Å². The van der Waals surface area contributed by atoms with Crippen LogP contribution in [-0.4, -0.2) is 23.8 Å². The Morgan fingerprint density at radius 3 is 2.17 bits per heavy atom. The molecule has 0 unspecified atom stereocenters. The molecule has 4 nitrogen and oxygen atoms in total. The van der Waals surface area contributed by atoms with Crippen molar-refractivity contribution in [2.45, 2.75) is 6.54 Å². The Kier molecular flexibility index (Phi) is 4.96. The van der Waals surface area contributed by atoms with Gasteiger partial charge in [-0.05, 0) is 53.1 Å². The third-order valence-corrected chi connectivity index (χ3v) is 4.85. The van der Waals surface area contributed by atoms with E-state index >= 15 is 0 Å². The van der Waals surface area contributed by atoms with Crippen LogP contribution in [0.3, 0.4) is 0 Å². The number of fused-ring (bicyclic) bond motifs is 1. The summed E-state index contributed by atoms with van der Waals surface area (Å²) in [7, 11) is 1.58. The average Bonchev–Trinajstić information content (AvgIpc) is 2.76. The van der Waals surface area contributed by atoms with E-state index in [0.717, 1.165) is 5.56 Å². The van der Waals surface area contributed by atoms with Crippen molar-refractivity contribution in [3.63, 3.8) is 0 Å². The number of ether oxygens (including phenoxy) is 1. The van der Waals surface area contributed by atoms with E-state index in [1.165, 1.54) is 17.0 Å². The molecule has 3 aromatic rings. The van der Waals surface area contributed by atoms with E-state index in [2.05, 4.69) is 0 Å². The first kappa shape index (κ1) is 18.6. The largest absolute Gasteiger partial charge is 0.497 e. The highest BCUT2D eigenvalue weighted by atomic mass is 19.1. The number of hydrogen-bond donors (Lipinski definition) is 0. The summed E-state index contributed by atoms with van der Waals surface area (Å²) >= 11 is 0.